The summed E-state index contributed by atoms with van der Waals surface area (Å²) in [6.45, 7) is 10.7. The van der Waals surface area contributed by atoms with Gasteiger partial charge in [-0.2, -0.15) is 0 Å². The molecule has 140 valence electrons. The average molecular weight is 342 g/mol. The lowest BCUT2D eigenvalue weighted by atomic mass is 10.1. The predicted octanol–water partition coefficient (Wildman–Crippen LogP) is 0.267. The van der Waals surface area contributed by atoms with Gasteiger partial charge in [0, 0.05) is 45.8 Å². The van der Waals surface area contributed by atoms with Gasteiger partial charge in [-0.3, -0.25) is 4.99 Å². The van der Waals surface area contributed by atoms with Gasteiger partial charge in [-0.05, 0) is 20.4 Å². The van der Waals surface area contributed by atoms with Gasteiger partial charge in [-0.25, -0.2) is 0 Å². The van der Waals surface area contributed by atoms with Crippen LogP contribution < -0.4 is 5.32 Å². The molecular weight excluding hydrogens is 308 g/mol. The van der Waals surface area contributed by atoms with Crippen LogP contribution in [0.3, 0.4) is 0 Å². The quantitative estimate of drug-likeness (QED) is 0.388. The van der Waals surface area contributed by atoms with E-state index in [9.17, 15) is 0 Å². The second-order valence-corrected chi connectivity index (χ2v) is 6.62. The van der Waals surface area contributed by atoms with Crippen molar-refractivity contribution in [1.29, 1.82) is 0 Å². The third-order valence-electron chi connectivity index (χ3n) is 4.49. The Bertz CT molecular complexity index is 381. The summed E-state index contributed by atoms with van der Waals surface area (Å²) in [5, 5.41) is 3.42. The van der Waals surface area contributed by atoms with Gasteiger partial charge in [0.05, 0.1) is 39.1 Å². The highest BCUT2D eigenvalue weighted by Gasteiger charge is 2.25. The molecule has 0 spiro atoms. The summed E-state index contributed by atoms with van der Waals surface area (Å²) in [4.78, 5) is 9.47. The maximum absolute atomic E-state index is 5.81. The van der Waals surface area contributed by atoms with Crippen molar-refractivity contribution >= 4 is 5.96 Å². The Morgan fingerprint density at radius 3 is 2.92 bits per heavy atom. The molecule has 2 saturated heterocycles. The lowest BCUT2D eigenvalue weighted by Gasteiger charge is -2.29. The monoisotopic (exact) mass is 342 g/mol. The Labute approximate surface area is 146 Å². The SMILES string of the molecule is CCNC(=NCC1CN(C)CCO1)N1CCC(COCCOC)C1. The maximum Gasteiger partial charge on any atom is 0.194 e. The Hall–Kier alpha value is -0.890. The van der Waals surface area contributed by atoms with Crippen molar-refractivity contribution < 1.29 is 14.2 Å². The molecule has 0 amide bonds. The van der Waals surface area contributed by atoms with Gasteiger partial charge in [0.2, 0.25) is 0 Å². The zero-order chi connectivity index (χ0) is 17.2. The maximum atomic E-state index is 5.81. The summed E-state index contributed by atoms with van der Waals surface area (Å²) >= 11 is 0. The number of morpholine rings is 1. The Morgan fingerprint density at radius 1 is 1.29 bits per heavy atom. The van der Waals surface area contributed by atoms with Crippen molar-refractivity contribution in [3.63, 3.8) is 0 Å². The molecule has 7 nitrogen and oxygen atoms in total. The summed E-state index contributed by atoms with van der Waals surface area (Å²) < 4.78 is 16.5. The fourth-order valence-electron chi connectivity index (χ4n) is 3.14. The number of guanidine groups is 1. The van der Waals surface area contributed by atoms with Crippen molar-refractivity contribution in [3.05, 3.63) is 0 Å². The van der Waals surface area contributed by atoms with Crippen molar-refractivity contribution in [2.24, 2.45) is 10.9 Å². The van der Waals surface area contributed by atoms with Crippen LogP contribution in [0, 0.1) is 5.92 Å². The molecule has 0 bridgehead atoms. The molecule has 2 aliphatic heterocycles. The van der Waals surface area contributed by atoms with Crippen molar-refractivity contribution in [3.8, 4) is 0 Å². The van der Waals surface area contributed by atoms with Crippen LogP contribution in [0.1, 0.15) is 13.3 Å². The van der Waals surface area contributed by atoms with Gasteiger partial charge < -0.3 is 29.3 Å². The van der Waals surface area contributed by atoms with E-state index in [2.05, 4.69) is 29.1 Å². The smallest absolute Gasteiger partial charge is 0.194 e. The van der Waals surface area contributed by atoms with E-state index in [0.717, 1.165) is 64.9 Å². The Morgan fingerprint density at radius 2 is 2.17 bits per heavy atom. The van der Waals surface area contributed by atoms with Gasteiger partial charge in [0.25, 0.3) is 0 Å². The summed E-state index contributed by atoms with van der Waals surface area (Å²) in [5.74, 6) is 1.58. The standard InChI is InChI=1S/C17H34N4O3/c1-4-18-17(19-11-16-13-20(2)7-8-24-16)21-6-5-15(12-21)14-23-10-9-22-3/h15-16H,4-14H2,1-3H3,(H,18,19). The molecule has 0 radical (unpaired) electrons. The molecule has 2 heterocycles. The lowest BCUT2D eigenvalue weighted by molar-refractivity contribution is -0.0137. The highest BCUT2D eigenvalue weighted by Crippen LogP contribution is 2.17. The van der Waals surface area contributed by atoms with Crippen LogP contribution in [0.4, 0.5) is 0 Å². The molecule has 1 N–H and O–H groups in total. The molecule has 0 aliphatic carbocycles. The summed E-state index contributed by atoms with van der Waals surface area (Å²) in [6, 6.07) is 0. The number of likely N-dealkylation sites (N-methyl/N-ethyl adjacent to an activating group) is 1. The molecule has 0 aromatic heterocycles. The van der Waals surface area contributed by atoms with Crippen LogP contribution in [0.25, 0.3) is 0 Å². The molecule has 0 aromatic carbocycles. The first-order valence-electron chi connectivity index (χ1n) is 9.13. The predicted molar refractivity (Wildman–Crippen MR) is 95.6 cm³/mol. The fraction of sp³-hybridized carbons (Fsp3) is 0.941. The molecule has 24 heavy (non-hydrogen) atoms. The van der Waals surface area contributed by atoms with Crippen molar-refractivity contribution in [1.82, 2.24) is 15.1 Å². The molecule has 2 fully saturated rings. The normalized spacial score (nSPS) is 26.1. The average Bonchev–Trinajstić information content (AvgIpc) is 3.04. The number of ether oxygens (including phenoxy) is 3. The van der Waals surface area contributed by atoms with Crippen molar-refractivity contribution in [2.45, 2.75) is 19.4 Å². The molecule has 2 aliphatic rings. The highest BCUT2D eigenvalue weighted by molar-refractivity contribution is 5.80. The van der Waals surface area contributed by atoms with E-state index in [0.29, 0.717) is 19.1 Å². The second kappa shape index (κ2) is 10.9. The van der Waals surface area contributed by atoms with Gasteiger partial charge in [0.15, 0.2) is 5.96 Å². The van der Waals surface area contributed by atoms with E-state index in [1.54, 1.807) is 7.11 Å². The highest BCUT2D eigenvalue weighted by atomic mass is 16.5. The van der Waals surface area contributed by atoms with Gasteiger partial charge in [-0.15, -0.1) is 0 Å². The van der Waals surface area contributed by atoms with E-state index in [-0.39, 0.29) is 6.10 Å². The van der Waals surface area contributed by atoms with Crippen LogP contribution in [0.15, 0.2) is 4.99 Å². The lowest BCUT2D eigenvalue weighted by Crippen LogP contribution is -2.44. The number of rotatable bonds is 8. The van der Waals surface area contributed by atoms with E-state index in [1.165, 1.54) is 0 Å². The summed E-state index contributed by atoms with van der Waals surface area (Å²) in [6.07, 6.45) is 1.35. The Kier molecular flexibility index (Phi) is 8.80. The first-order valence-corrected chi connectivity index (χ1v) is 9.13. The minimum absolute atomic E-state index is 0.202. The molecule has 0 aromatic rings. The summed E-state index contributed by atoms with van der Waals surface area (Å²) in [7, 11) is 3.84. The largest absolute Gasteiger partial charge is 0.382 e. The van der Waals surface area contributed by atoms with Crippen LogP contribution in [-0.4, -0.2) is 102 Å². The van der Waals surface area contributed by atoms with E-state index < -0.39 is 0 Å². The first kappa shape index (κ1) is 19.4. The first-order chi connectivity index (χ1) is 11.7. The fourth-order valence-corrected chi connectivity index (χ4v) is 3.14. The van der Waals surface area contributed by atoms with Crippen LogP contribution in [-0.2, 0) is 14.2 Å². The minimum atomic E-state index is 0.202. The second-order valence-electron chi connectivity index (χ2n) is 6.62. The zero-order valence-corrected chi connectivity index (χ0v) is 15.5. The van der Waals surface area contributed by atoms with E-state index in [4.69, 9.17) is 19.2 Å². The topological polar surface area (TPSA) is 58.6 Å². The molecule has 2 rings (SSSR count). The van der Waals surface area contributed by atoms with Gasteiger partial charge >= 0.3 is 0 Å². The zero-order valence-electron chi connectivity index (χ0n) is 15.5. The molecule has 2 unspecified atom stereocenters. The number of likely N-dealkylation sites (tertiary alicyclic amines) is 1. The number of nitrogens with one attached hydrogen (secondary N) is 1. The number of nitrogens with zero attached hydrogens (tertiary/aromatic N) is 3. The van der Waals surface area contributed by atoms with Crippen molar-refractivity contribution in [2.75, 3.05) is 79.9 Å². The number of methoxy groups -OCH3 is 1. The minimum Gasteiger partial charge on any atom is -0.382 e. The van der Waals surface area contributed by atoms with Gasteiger partial charge in [-0.1, -0.05) is 0 Å². The van der Waals surface area contributed by atoms with Crippen LogP contribution in [0.5, 0.6) is 0 Å². The molecule has 7 heteroatoms. The number of aliphatic imine (C=N–C) groups is 1. The third-order valence-corrected chi connectivity index (χ3v) is 4.49. The molecule has 2 atom stereocenters. The van der Waals surface area contributed by atoms with Crippen LogP contribution >= 0.6 is 0 Å². The number of hydrogen-bond acceptors (Lipinski definition) is 5. The van der Waals surface area contributed by atoms with E-state index >= 15 is 0 Å². The third kappa shape index (κ3) is 6.55. The summed E-state index contributed by atoms with van der Waals surface area (Å²) in [5.41, 5.74) is 0. The van der Waals surface area contributed by atoms with Gasteiger partial charge in [0.1, 0.15) is 0 Å². The molecular formula is C17H34N4O3. The van der Waals surface area contributed by atoms with E-state index in [1.807, 2.05) is 0 Å². The number of hydrogen-bond donors (Lipinski definition) is 1. The molecule has 0 saturated carbocycles. The Balaban J connectivity index is 1.78. The van der Waals surface area contributed by atoms with Crippen LogP contribution in [0.2, 0.25) is 0 Å².